The quantitative estimate of drug-likeness (QED) is 0.687. The first kappa shape index (κ1) is 8.26. The summed E-state index contributed by atoms with van der Waals surface area (Å²) in [6.07, 6.45) is 0. The van der Waals surface area contributed by atoms with E-state index < -0.39 is 0 Å². The van der Waals surface area contributed by atoms with E-state index in [0.29, 0.717) is 6.54 Å². The summed E-state index contributed by atoms with van der Waals surface area (Å²) in [4.78, 5) is 4.34. The largest absolute Gasteiger partial charge is 0.368 e. The van der Waals surface area contributed by atoms with Crippen molar-refractivity contribution in [1.29, 1.82) is 0 Å². The third kappa shape index (κ3) is 1.70. The van der Waals surface area contributed by atoms with Gasteiger partial charge in [-0.05, 0) is 5.56 Å². The topological polar surface area (TPSA) is 50.4 Å². The third-order valence-electron chi connectivity index (χ3n) is 2.14. The van der Waals surface area contributed by atoms with Gasteiger partial charge in [-0.2, -0.15) is 0 Å². The molecule has 0 saturated heterocycles. The molecule has 3 nitrogen and oxygen atoms in total. The van der Waals surface area contributed by atoms with Crippen molar-refractivity contribution in [3.63, 3.8) is 0 Å². The van der Waals surface area contributed by atoms with Gasteiger partial charge in [0.25, 0.3) is 0 Å². The maximum absolute atomic E-state index is 5.51. The maximum atomic E-state index is 5.51. The van der Waals surface area contributed by atoms with Gasteiger partial charge in [0.1, 0.15) is 5.84 Å². The fraction of sp³-hybridized carbons (Fsp3) is 0.300. The van der Waals surface area contributed by atoms with Gasteiger partial charge in [0.2, 0.25) is 0 Å². The molecule has 1 aromatic rings. The molecule has 0 unspecified atom stereocenters. The van der Waals surface area contributed by atoms with Gasteiger partial charge >= 0.3 is 0 Å². The second-order valence-electron chi connectivity index (χ2n) is 3.06. The number of hydrogen-bond donors (Lipinski definition) is 2. The first-order chi connectivity index (χ1) is 6.40. The monoisotopic (exact) mass is 175 g/mol. The zero-order valence-corrected chi connectivity index (χ0v) is 7.46. The molecule has 68 valence electrons. The van der Waals surface area contributed by atoms with E-state index in [1.165, 1.54) is 0 Å². The molecule has 0 fully saturated rings. The van der Waals surface area contributed by atoms with Crippen LogP contribution in [0.2, 0.25) is 0 Å². The summed E-state index contributed by atoms with van der Waals surface area (Å²) < 4.78 is 0. The van der Waals surface area contributed by atoms with Gasteiger partial charge < -0.3 is 11.1 Å². The van der Waals surface area contributed by atoms with Gasteiger partial charge in [-0.3, -0.25) is 4.99 Å². The Bertz CT molecular complexity index is 313. The van der Waals surface area contributed by atoms with Crippen molar-refractivity contribution in [3.8, 4) is 0 Å². The van der Waals surface area contributed by atoms with E-state index in [2.05, 4.69) is 22.4 Å². The SMILES string of the molecule is NCc1ccc(C2=NCCN2)cc1. The zero-order valence-electron chi connectivity index (χ0n) is 7.46. The van der Waals surface area contributed by atoms with Gasteiger partial charge in [0.15, 0.2) is 0 Å². The molecule has 1 aliphatic heterocycles. The highest BCUT2D eigenvalue weighted by atomic mass is 15.1. The van der Waals surface area contributed by atoms with E-state index in [1.54, 1.807) is 0 Å². The lowest BCUT2D eigenvalue weighted by Crippen LogP contribution is -2.19. The first-order valence-electron chi connectivity index (χ1n) is 4.48. The highest BCUT2D eigenvalue weighted by molar-refractivity contribution is 5.99. The van der Waals surface area contributed by atoms with Crippen LogP contribution >= 0.6 is 0 Å². The van der Waals surface area contributed by atoms with E-state index in [-0.39, 0.29) is 0 Å². The standard InChI is InChI=1S/C10H13N3/c11-7-8-1-3-9(4-2-8)10-12-5-6-13-10/h1-4H,5-7,11H2,(H,12,13). The molecule has 13 heavy (non-hydrogen) atoms. The Morgan fingerprint density at radius 2 is 2.08 bits per heavy atom. The highest BCUT2D eigenvalue weighted by Gasteiger charge is 2.06. The minimum absolute atomic E-state index is 0.597. The number of rotatable bonds is 2. The molecule has 3 N–H and O–H groups in total. The number of amidine groups is 1. The Balaban J connectivity index is 2.22. The van der Waals surface area contributed by atoms with Crippen LogP contribution in [0.1, 0.15) is 11.1 Å². The van der Waals surface area contributed by atoms with Crippen molar-refractivity contribution in [2.45, 2.75) is 6.54 Å². The summed E-state index contributed by atoms with van der Waals surface area (Å²) in [7, 11) is 0. The Morgan fingerprint density at radius 1 is 1.31 bits per heavy atom. The Labute approximate surface area is 77.7 Å². The molecule has 0 aliphatic carbocycles. The third-order valence-corrected chi connectivity index (χ3v) is 2.14. The van der Waals surface area contributed by atoms with E-state index in [1.807, 2.05) is 12.1 Å². The molecular weight excluding hydrogens is 162 g/mol. The molecule has 1 aromatic carbocycles. The Kier molecular flexibility index (Phi) is 2.27. The smallest absolute Gasteiger partial charge is 0.128 e. The Morgan fingerprint density at radius 3 is 2.62 bits per heavy atom. The lowest BCUT2D eigenvalue weighted by Gasteiger charge is -2.02. The van der Waals surface area contributed by atoms with Crippen LogP contribution < -0.4 is 11.1 Å². The lowest BCUT2D eigenvalue weighted by molar-refractivity contribution is 0.960. The molecule has 0 radical (unpaired) electrons. The normalized spacial score (nSPS) is 15.3. The highest BCUT2D eigenvalue weighted by Crippen LogP contribution is 2.05. The molecule has 0 amide bonds. The summed E-state index contributed by atoms with van der Waals surface area (Å²) in [5.41, 5.74) is 7.81. The van der Waals surface area contributed by atoms with Crippen LogP contribution in [0.3, 0.4) is 0 Å². The van der Waals surface area contributed by atoms with Crippen LogP contribution in [-0.2, 0) is 6.54 Å². The molecule has 3 heteroatoms. The number of nitrogens with two attached hydrogens (primary N) is 1. The van der Waals surface area contributed by atoms with Crippen molar-refractivity contribution < 1.29 is 0 Å². The summed E-state index contributed by atoms with van der Waals surface area (Å²) >= 11 is 0. The van der Waals surface area contributed by atoms with Crippen LogP contribution in [0.5, 0.6) is 0 Å². The van der Waals surface area contributed by atoms with Crippen LogP contribution in [0.4, 0.5) is 0 Å². The van der Waals surface area contributed by atoms with Gasteiger partial charge in [-0.25, -0.2) is 0 Å². The summed E-state index contributed by atoms with van der Waals surface area (Å²) in [6, 6.07) is 8.19. The number of nitrogens with one attached hydrogen (secondary N) is 1. The fourth-order valence-electron chi connectivity index (χ4n) is 1.39. The number of benzene rings is 1. The van der Waals surface area contributed by atoms with Gasteiger partial charge in [0.05, 0.1) is 6.54 Å². The molecule has 0 saturated carbocycles. The molecule has 0 bridgehead atoms. The van der Waals surface area contributed by atoms with Crippen LogP contribution in [-0.4, -0.2) is 18.9 Å². The predicted octanol–water partition coefficient (Wildman–Crippen LogP) is 0.495. The molecule has 0 spiro atoms. The van der Waals surface area contributed by atoms with Crippen molar-refractivity contribution in [2.75, 3.05) is 13.1 Å². The summed E-state index contributed by atoms with van der Waals surface area (Å²) in [6.45, 7) is 2.43. The average Bonchev–Trinajstić information content (AvgIpc) is 2.71. The van der Waals surface area contributed by atoms with E-state index in [0.717, 1.165) is 30.1 Å². The predicted molar refractivity (Wildman–Crippen MR) is 53.7 cm³/mol. The molecule has 2 rings (SSSR count). The second kappa shape index (κ2) is 3.58. The molecule has 1 aliphatic rings. The summed E-state index contributed by atoms with van der Waals surface area (Å²) in [5, 5.41) is 3.23. The van der Waals surface area contributed by atoms with E-state index in [4.69, 9.17) is 5.73 Å². The molecule has 1 heterocycles. The van der Waals surface area contributed by atoms with Crippen LogP contribution in [0.25, 0.3) is 0 Å². The Hall–Kier alpha value is -1.35. The summed E-state index contributed by atoms with van der Waals surface area (Å²) in [5.74, 6) is 1.00. The van der Waals surface area contributed by atoms with Gasteiger partial charge in [0, 0.05) is 18.7 Å². The molecule has 0 aromatic heterocycles. The van der Waals surface area contributed by atoms with E-state index in [9.17, 15) is 0 Å². The minimum Gasteiger partial charge on any atom is -0.368 e. The van der Waals surface area contributed by atoms with Gasteiger partial charge in [-0.15, -0.1) is 0 Å². The van der Waals surface area contributed by atoms with E-state index >= 15 is 0 Å². The van der Waals surface area contributed by atoms with Crippen molar-refractivity contribution in [1.82, 2.24) is 5.32 Å². The fourth-order valence-corrected chi connectivity index (χ4v) is 1.39. The van der Waals surface area contributed by atoms with Crippen molar-refractivity contribution in [2.24, 2.45) is 10.7 Å². The van der Waals surface area contributed by atoms with Crippen molar-refractivity contribution >= 4 is 5.84 Å². The van der Waals surface area contributed by atoms with Crippen molar-refractivity contribution in [3.05, 3.63) is 35.4 Å². The number of hydrogen-bond acceptors (Lipinski definition) is 3. The average molecular weight is 175 g/mol. The maximum Gasteiger partial charge on any atom is 0.128 e. The van der Waals surface area contributed by atoms with Crippen LogP contribution in [0, 0.1) is 0 Å². The second-order valence-corrected chi connectivity index (χ2v) is 3.06. The number of nitrogens with zero attached hydrogens (tertiary/aromatic N) is 1. The van der Waals surface area contributed by atoms with Crippen LogP contribution in [0.15, 0.2) is 29.3 Å². The van der Waals surface area contributed by atoms with Gasteiger partial charge in [-0.1, -0.05) is 24.3 Å². The lowest BCUT2D eigenvalue weighted by atomic mass is 10.1. The zero-order chi connectivity index (χ0) is 9.10. The molecular formula is C10H13N3. The molecule has 0 atom stereocenters. The number of aliphatic imine (C=N–C) groups is 1. The minimum atomic E-state index is 0.597. The first-order valence-corrected chi connectivity index (χ1v) is 4.48.